The van der Waals surface area contributed by atoms with Gasteiger partial charge in [0.25, 0.3) is 5.91 Å². The van der Waals surface area contributed by atoms with Gasteiger partial charge >= 0.3 is 0 Å². The molecular weight excluding hydrogens is 416 g/mol. The van der Waals surface area contributed by atoms with Gasteiger partial charge in [-0.25, -0.2) is 13.4 Å². The van der Waals surface area contributed by atoms with E-state index >= 15 is 0 Å². The summed E-state index contributed by atoms with van der Waals surface area (Å²) in [6.45, 7) is 1.40. The number of pyridine rings is 1. The van der Waals surface area contributed by atoms with Gasteiger partial charge in [-0.3, -0.25) is 4.79 Å². The minimum atomic E-state index is -2.66. The highest BCUT2D eigenvalue weighted by Crippen LogP contribution is 2.27. The molecule has 1 atom stereocenters. The number of hydrogen-bond donors (Lipinski definition) is 3. The van der Waals surface area contributed by atoms with E-state index in [1.807, 2.05) is 30.3 Å². The first kappa shape index (κ1) is 22.5. The predicted molar refractivity (Wildman–Crippen MR) is 119 cm³/mol. The standard InChI is InChI=1S/C23H24N2O5S/c1-15-19(14-31(28)29)10-18(16-6-4-3-5-7-16)11-20(15)23(27)25-21(13-26)17-8-9-22(30-2)24-12-17/h3-12,21,26,31H,13-14H2,1-2H3,(H,25,27)/t21-/m1/s1. The van der Waals surface area contributed by atoms with Crippen LogP contribution in [0.1, 0.15) is 33.1 Å². The van der Waals surface area contributed by atoms with E-state index in [-0.39, 0.29) is 12.4 Å². The van der Waals surface area contributed by atoms with Crippen molar-refractivity contribution in [2.45, 2.75) is 18.7 Å². The number of hydrogen-bond acceptors (Lipinski definition) is 6. The molecule has 0 saturated carbocycles. The first-order valence-corrected chi connectivity index (χ1v) is 11.0. The van der Waals surface area contributed by atoms with Crippen molar-refractivity contribution < 1.29 is 23.1 Å². The van der Waals surface area contributed by atoms with Gasteiger partial charge in [0, 0.05) is 17.8 Å². The molecule has 7 nitrogen and oxygen atoms in total. The Hall–Kier alpha value is -3.23. The minimum absolute atomic E-state index is 0.159. The second kappa shape index (κ2) is 10.2. The summed E-state index contributed by atoms with van der Waals surface area (Å²) in [5.74, 6) is -0.143. The SMILES string of the molecule is COc1ccc([C@@H](CO)NC(=O)c2cc(-c3ccccc3)cc(C[SH](=O)=O)c2C)cn1. The number of aliphatic hydroxyl groups excluding tert-OH is 1. The Labute approximate surface area is 182 Å². The number of carbonyl (C=O) groups excluding carboxylic acids is 1. The lowest BCUT2D eigenvalue weighted by Gasteiger charge is -2.19. The van der Waals surface area contributed by atoms with Crippen LogP contribution in [0.2, 0.25) is 0 Å². The number of amides is 1. The Morgan fingerprint density at radius 1 is 1.13 bits per heavy atom. The molecule has 162 valence electrons. The zero-order valence-corrected chi connectivity index (χ0v) is 18.1. The van der Waals surface area contributed by atoms with E-state index < -0.39 is 22.7 Å². The van der Waals surface area contributed by atoms with Crippen LogP contribution in [0.15, 0.2) is 60.8 Å². The molecule has 0 saturated heterocycles. The normalized spacial score (nSPS) is 11.9. The molecule has 1 aromatic heterocycles. The average Bonchev–Trinajstić information content (AvgIpc) is 2.79. The highest BCUT2D eigenvalue weighted by atomic mass is 32.2. The highest BCUT2D eigenvalue weighted by molar-refractivity contribution is 7.71. The van der Waals surface area contributed by atoms with E-state index in [4.69, 9.17) is 4.74 Å². The zero-order chi connectivity index (χ0) is 22.4. The maximum absolute atomic E-state index is 13.1. The third kappa shape index (κ3) is 5.48. The third-order valence-corrected chi connectivity index (χ3v) is 5.62. The van der Waals surface area contributed by atoms with E-state index in [1.54, 1.807) is 31.2 Å². The topological polar surface area (TPSA) is 106 Å². The fourth-order valence-corrected chi connectivity index (χ4v) is 3.91. The van der Waals surface area contributed by atoms with Gasteiger partial charge in [-0.15, -0.1) is 0 Å². The number of rotatable bonds is 8. The molecule has 0 aliphatic heterocycles. The van der Waals surface area contributed by atoms with Crippen LogP contribution >= 0.6 is 0 Å². The van der Waals surface area contributed by atoms with Gasteiger partial charge in [-0.1, -0.05) is 30.3 Å². The average molecular weight is 441 g/mol. The molecule has 0 fully saturated rings. The molecule has 0 bridgehead atoms. The molecule has 3 rings (SSSR count). The lowest BCUT2D eigenvalue weighted by atomic mass is 9.95. The highest BCUT2D eigenvalue weighted by Gasteiger charge is 2.20. The second-order valence-electron chi connectivity index (χ2n) is 7.01. The smallest absolute Gasteiger partial charge is 0.252 e. The van der Waals surface area contributed by atoms with E-state index in [9.17, 15) is 18.3 Å². The molecule has 3 aromatic rings. The number of benzene rings is 2. The summed E-state index contributed by atoms with van der Waals surface area (Å²) in [6, 6.07) is 15.6. The lowest BCUT2D eigenvalue weighted by molar-refractivity contribution is 0.0915. The zero-order valence-electron chi connectivity index (χ0n) is 17.2. The molecule has 8 heteroatoms. The Kier molecular flexibility index (Phi) is 7.38. The number of nitrogens with one attached hydrogen (secondary N) is 1. The molecule has 0 aliphatic carbocycles. The Morgan fingerprint density at radius 3 is 2.45 bits per heavy atom. The van der Waals surface area contributed by atoms with Crippen molar-refractivity contribution in [3.8, 4) is 17.0 Å². The van der Waals surface area contributed by atoms with Crippen LogP contribution in [0, 0.1) is 6.92 Å². The number of thiol groups is 1. The van der Waals surface area contributed by atoms with Crippen LogP contribution in [0.3, 0.4) is 0 Å². The van der Waals surface area contributed by atoms with E-state index in [0.717, 1.165) is 11.1 Å². The predicted octanol–water partition coefficient (Wildman–Crippen LogP) is 2.64. The second-order valence-corrected chi connectivity index (χ2v) is 7.99. The monoisotopic (exact) mass is 440 g/mol. The van der Waals surface area contributed by atoms with Crippen molar-refractivity contribution >= 4 is 16.6 Å². The Balaban J connectivity index is 1.97. The number of nitrogens with zero attached hydrogens (tertiary/aromatic N) is 1. The first-order valence-electron chi connectivity index (χ1n) is 9.65. The van der Waals surface area contributed by atoms with Crippen LogP contribution in [0.25, 0.3) is 11.1 Å². The van der Waals surface area contributed by atoms with Gasteiger partial charge in [-0.2, -0.15) is 0 Å². The molecule has 0 aliphatic rings. The quantitative estimate of drug-likeness (QED) is 0.465. The van der Waals surface area contributed by atoms with Crippen molar-refractivity contribution in [2.24, 2.45) is 0 Å². The molecule has 31 heavy (non-hydrogen) atoms. The number of carbonyl (C=O) groups is 1. The van der Waals surface area contributed by atoms with Crippen LogP contribution in [-0.2, 0) is 16.5 Å². The first-order chi connectivity index (χ1) is 14.9. The van der Waals surface area contributed by atoms with Gasteiger partial charge < -0.3 is 15.2 Å². The summed E-state index contributed by atoms with van der Waals surface area (Å²) in [5, 5.41) is 12.6. The van der Waals surface area contributed by atoms with Crippen molar-refractivity contribution in [3.05, 3.63) is 83.0 Å². The Bertz CT molecular complexity index is 1120. The molecule has 0 radical (unpaired) electrons. The summed E-state index contributed by atoms with van der Waals surface area (Å²) < 4.78 is 27.8. The largest absolute Gasteiger partial charge is 0.481 e. The summed E-state index contributed by atoms with van der Waals surface area (Å²) in [4.78, 5) is 17.2. The van der Waals surface area contributed by atoms with Gasteiger partial charge in [0.05, 0.1) is 25.5 Å². The van der Waals surface area contributed by atoms with Crippen LogP contribution in [-0.4, -0.2) is 38.1 Å². The molecule has 0 spiro atoms. The maximum atomic E-state index is 13.1. The fraction of sp³-hybridized carbons (Fsp3) is 0.217. The van der Waals surface area contributed by atoms with Gasteiger partial charge in [-0.05, 0) is 52.9 Å². The number of aliphatic hydroxyl groups is 1. The molecule has 1 heterocycles. The van der Waals surface area contributed by atoms with E-state index in [0.29, 0.717) is 28.1 Å². The van der Waals surface area contributed by atoms with Crippen molar-refractivity contribution in [1.82, 2.24) is 10.3 Å². The summed E-state index contributed by atoms with van der Waals surface area (Å²) in [7, 11) is -1.16. The van der Waals surface area contributed by atoms with Gasteiger partial charge in [0.2, 0.25) is 5.88 Å². The third-order valence-electron chi connectivity index (χ3n) is 5.03. The number of aromatic nitrogens is 1. The fourth-order valence-electron chi connectivity index (χ4n) is 3.30. The summed E-state index contributed by atoms with van der Waals surface area (Å²) in [5.41, 5.74) is 3.74. The van der Waals surface area contributed by atoms with Crippen LogP contribution in [0.5, 0.6) is 5.88 Å². The summed E-state index contributed by atoms with van der Waals surface area (Å²) >= 11 is 0. The van der Waals surface area contributed by atoms with Crippen LogP contribution in [0.4, 0.5) is 0 Å². The molecular formula is C23H24N2O5S. The summed E-state index contributed by atoms with van der Waals surface area (Å²) in [6.07, 6.45) is 1.53. The van der Waals surface area contributed by atoms with E-state index in [1.165, 1.54) is 13.3 Å². The van der Waals surface area contributed by atoms with Crippen molar-refractivity contribution in [2.75, 3.05) is 13.7 Å². The Morgan fingerprint density at radius 2 is 1.87 bits per heavy atom. The molecule has 1 amide bonds. The van der Waals surface area contributed by atoms with E-state index in [2.05, 4.69) is 10.3 Å². The molecule has 2 N–H and O–H groups in total. The number of ether oxygens (including phenoxy) is 1. The van der Waals surface area contributed by atoms with Gasteiger partial charge in [0.1, 0.15) is 10.7 Å². The minimum Gasteiger partial charge on any atom is -0.481 e. The van der Waals surface area contributed by atoms with Gasteiger partial charge in [0.15, 0.2) is 0 Å². The molecule has 0 unspecified atom stereocenters. The maximum Gasteiger partial charge on any atom is 0.252 e. The molecule has 2 aromatic carbocycles. The lowest BCUT2D eigenvalue weighted by Crippen LogP contribution is -2.31. The number of methoxy groups -OCH3 is 1. The van der Waals surface area contributed by atoms with Crippen molar-refractivity contribution in [3.63, 3.8) is 0 Å². The van der Waals surface area contributed by atoms with Crippen molar-refractivity contribution in [1.29, 1.82) is 0 Å². The van der Waals surface area contributed by atoms with Crippen LogP contribution < -0.4 is 10.1 Å².